The molecular formula is C13H12N2O5. The number of barbiturate groups is 1. The molecule has 0 atom stereocenters. The summed E-state index contributed by atoms with van der Waals surface area (Å²) in [5.74, 6) is -1.29. The molecule has 104 valence electrons. The van der Waals surface area contributed by atoms with Gasteiger partial charge in [0.15, 0.2) is 11.5 Å². The number of rotatable bonds is 2. The van der Waals surface area contributed by atoms with Gasteiger partial charge in [0.1, 0.15) is 5.57 Å². The Balaban J connectivity index is 2.41. The van der Waals surface area contributed by atoms with E-state index in [1.165, 1.54) is 38.4 Å². The maximum Gasteiger partial charge on any atom is 0.331 e. The van der Waals surface area contributed by atoms with Crippen LogP contribution < -0.4 is 10.1 Å². The number of amides is 4. The average Bonchev–Trinajstić information content (AvgIpc) is 2.43. The number of methoxy groups -OCH3 is 1. The highest BCUT2D eigenvalue weighted by molar-refractivity contribution is 6.30. The normalized spacial score (nSPS) is 17.4. The second-order valence-corrected chi connectivity index (χ2v) is 4.11. The highest BCUT2D eigenvalue weighted by Gasteiger charge is 2.32. The van der Waals surface area contributed by atoms with Crippen LogP contribution in [0.25, 0.3) is 6.08 Å². The molecule has 1 heterocycles. The first-order valence-electron chi connectivity index (χ1n) is 5.66. The zero-order valence-corrected chi connectivity index (χ0v) is 10.8. The number of nitrogens with one attached hydrogen (secondary N) is 1. The van der Waals surface area contributed by atoms with Gasteiger partial charge in [0, 0.05) is 7.05 Å². The van der Waals surface area contributed by atoms with E-state index in [1.54, 1.807) is 0 Å². The van der Waals surface area contributed by atoms with Gasteiger partial charge in [-0.1, -0.05) is 6.07 Å². The van der Waals surface area contributed by atoms with Crippen molar-refractivity contribution in [2.75, 3.05) is 14.2 Å². The summed E-state index contributed by atoms with van der Waals surface area (Å²) in [6.07, 6.45) is 1.32. The first kappa shape index (κ1) is 13.6. The third-order valence-electron chi connectivity index (χ3n) is 2.82. The number of carbonyl (C=O) groups excluding carboxylic acids is 3. The van der Waals surface area contributed by atoms with E-state index in [0.29, 0.717) is 5.56 Å². The number of phenols is 1. The van der Waals surface area contributed by atoms with E-state index in [9.17, 15) is 19.5 Å². The van der Waals surface area contributed by atoms with E-state index >= 15 is 0 Å². The van der Waals surface area contributed by atoms with Crippen molar-refractivity contribution >= 4 is 23.9 Å². The standard InChI is InChI=1S/C13H12N2O5/c1-15-12(18)8(11(17)14-13(15)19)5-7-3-4-9(16)10(6-7)20-2/h3-6,16H,1-2H3,(H,14,17,19). The number of ether oxygens (including phenoxy) is 1. The third-order valence-corrected chi connectivity index (χ3v) is 2.82. The number of imide groups is 2. The van der Waals surface area contributed by atoms with E-state index in [1.807, 2.05) is 5.32 Å². The summed E-state index contributed by atoms with van der Waals surface area (Å²) in [4.78, 5) is 35.6. The van der Waals surface area contributed by atoms with Crippen LogP contribution in [-0.2, 0) is 9.59 Å². The molecule has 0 saturated carbocycles. The molecule has 0 aromatic heterocycles. The molecule has 1 aromatic rings. The van der Waals surface area contributed by atoms with Crippen molar-refractivity contribution in [2.45, 2.75) is 0 Å². The predicted molar refractivity (Wildman–Crippen MR) is 68.9 cm³/mol. The summed E-state index contributed by atoms with van der Waals surface area (Å²) in [7, 11) is 2.66. The van der Waals surface area contributed by atoms with Gasteiger partial charge in [0.05, 0.1) is 7.11 Å². The van der Waals surface area contributed by atoms with Crippen molar-refractivity contribution in [2.24, 2.45) is 0 Å². The Kier molecular flexibility index (Phi) is 3.43. The SMILES string of the molecule is COc1cc(C=C2C(=O)NC(=O)N(C)C2=O)ccc1O. The predicted octanol–water partition coefficient (Wildman–Crippen LogP) is 0.492. The molecule has 1 fully saturated rings. The van der Waals surface area contributed by atoms with Gasteiger partial charge in [0.2, 0.25) is 0 Å². The Morgan fingerprint density at radius 2 is 2.00 bits per heavy atom. The number of urea groups is 1. The van der Waals surface area contributed by atoms with E-state index in [-0.39, 0.29) is 17.1 Å². The van der Waals surface area contributed by atoms with E-state index in [0.717, 1.165) is 4.90 Å². The first-order chi connectivity index (χ1) is 9.43. The molecule has 7 heteroatoms. The van der Waals surface area contributed by atoms with Crippen LogP contribution in [0, 0.1) is 0 Å². The lowest BCUT2D eigenvalue weighted by Gasteiger charge is -2.22. The molecule has 4 amide bonds. The Morgan fingerprint density at radius 3 is 2.65 bits per heavy atom. The first-order valence-corrected chi connectivity index (χ1v) is 5.66. The molecule has 0 unspecified atom stereocenters. The number of phenolic OH excluding ortho intramolecular Hbond substituents is 1. The third kappa shape index (κ3) is 2.33. The molecule has 2 rings (SSSR count). The molecule has 1 saturated heterocycles. The van der Waals surface area contributed by atoms with Crippen molar-refractivity contribution in [1.29, 1.82) is 0 Å². The molecule has 1 aliphatic rings. The van der Waals surface area contributed by atoms with Crippen LogP contribution in [0.15, 0.2) is 23.8 Å². The molecule has 7 nitrogen and oxygen atoms in total. The van der Waals surface area contributed by atoms with E-state index in [4.69, 9.17) is 4.74 Å². The lowest BCUT2D eigenvalue weighted by atomic mass is 10.1. The minimum atomic E-state index is -0.763. The van der Waals surface area contributed by atoms with Gasteiger partial charge in [-0.15, -0.1) is 0 Å². The van der Waals surface area contributed by atoms with Gasteiger partial charge in [-0.3, -0.25) is 19.8 Å². The van der Waals surface area contributed by atoms with Crippen molar-refractivity contribution in [1.82, 2.24) is 10.2 Å². The summed E-state index contributed by atoms with van der Waals surface area (Å²) in [6.45, 7) is 0. The van der Waals surface area contributed by atoms with Crippen molar-refractivity contribution in [3.05, 3.63) is 29.3 Å². The lowest BCUT2D eigenvalue weighted by Crippen LogP contribution is -2.52. The molecule has 1 aromatic carbocycles. The monoisotopic (exact) mass is 276 g/mol. The van der Waals surface area contributed by atoms with Gasteiger partial charge in [-0.25, -0.2) is 4.79 Å². The maximum absolute atomic E-state index is 11.9. The summed E-state index contributed by atoms with van der Waals surface area (Å²) >= 11 is 0. The molecular weight excluding hydrogens is 264 g/mol. The molecule has 0 radical (unpaired) electrons. The summed E-state index contributed by atoms with van der Waals surface area (Å²) in [5.41, 5.74) is 0.320. The highest BCUT2D eigenvalue weighted by atomic mass is 16.5. The topological polar surface area (TPSA) is 95.9 Å². The Hall–Kier alpha value is -2.83. The summed E-state index contributed by atoms with van der Waals surface area (Å²) in [6, 6.07) is 3.60. The summed E-state index contributed by atoms with van der Waals surface area (Å²) in [5, 5.41) is 11.5. The Morgan fingerprint density at radius 1 is 1.30 bits per heavy atom. The smallest absolute Gasteiger partial charge is 0.331 e. The minimum absolute atomic E-state index is 0.0543. The van der Waals surface area contributed by atoms with Gasteiger partial charge in [-0.05, 0) is 23.8 Å². The van der Waals surface area contributed by atoms with Crippen LogP contribution in [0.5, 0.6) is 11.5 Å². The minimum Gasteiger partial charge on any atom is -0.504 e. The van der Waals surface area contributed by atoms with Crippen LogP contribution in [0.4, 0.5) is 4.79 Å². The van der Waals surface area contributed by atoms with Gasteiger partial charge in [0.25, 0.3) is 11.8 Å². The second kappa shape index (κ2) is 5.04. The number of nitrogens with zero attached hydrogens (tertiary/aromatic N) is 1. The van der Waals surface area contributed by atoms with Crippen LogP contribution in [0.1, 0.15) is 5.56 Å². The fourth-order valence-electron chi connectivity index (χ4n) is 1.70. The van der Waals surface area contributed by atoms with Gasteiger partial charge < -0.3 is 9.84 Å². The van der Waals surface area contributed by atoms with Crippen LogP contribution in [0.2, 0.25) is 0 Å². The Labute approximate surface area is 114 Å². The highest BCUT2D eigenvalue weighted by Crippen LogP contribution is 2.27. The van der Waals surface area contributed by atoms with Crippen molar-refractivity contribution in [3.8, 4) is 11.5 Å². The van der Waals surface area contributed by atoms with E-state index < -0.39 is 17.8 Å². The quantitative estimate of drug-likeness (QED) is 0.605. The van der Waals surface area contributed by atoms with Gasteiger partial charge in [-0.2, -0.15) is 0 Å². The van der Waals surface area contributed by atoms with E-state index in [2.05, 4.69) is 0 Å². The molecule has 0 aliphatic carbocycles. The number of likely N-dealkylation sites (N-methyl/N-ethyl adjacent to an activating group) is 1. The number of hydrogen-bond acceptors (Lipinski definition) is 5. The molecule has 0 spiro atoms. The zero-order valence-electron chi connectivity index (χ0n) is 10.8. The number of benzene rings is 1. The average molecular weight is 276 g/mol. The summed E-state index contributed by atoms with van der Waals surface area (Å²) < 4.78 is 4.94. The zero-order chi connectivity index (χ0) is 14.9. The lowest BCUT2D eigenvalue weighted by molar-refractivity contribution is -0.129. The molecule has 1 aliphatic heterocycles. The molecule has 0 bridgehead atoms. The van der Waals surface area contributed by atoms with Crippen molar-refractivity contribution in [3.63, 3.8) is 0 Å². The van der Waals surface area contributed by atoms with Crippen molar-refractivity contribution < 1.29 is 24.2 Å². The fourth-order valence-corrected chi connectivity index (χ4v) is 1.70. The van der Waals surface area contributed by atoms with Crippen LogP contribution in [-0.4, -0.2) is 42.0 Å². The Bertz CT molecular complexity index is 636. The van der Waals surface area contributed by atoms with Crippen LogP contribution >= 0.6 is 0 Å². The van der Waals surface area contributed by atoms with Crippen LogP contribution in [0.3, 0.4) is 0 Å². The number of aromatic hydroxyl groups is 1. The molecule has 2 N–H and O–H groups in total. The number of carbonyl (C=O) groups is 3. The largest absolute Gasteiger partial charge is 0.504 e. The fraction of sp³-hybridized carbons (Fsp3) is 0.154. The second-order valence-electron chi connectivity index (χ2n) is 4.11. The molecule has 20 heavy (non-hydrogen) atoms. The maximum atomic E-state index is 11.9. The number of hydrogen-bond donors (Lipinski definition) is 2. The van der Waals surface area contributed by atoms with Gasteiger partial charge >= 0.3 is 6.03 Å².